The van der Waals surface area contributed by atoms with Crippen LogP contribution >= 0.6 is 0 Å². The first-order chi connectivity index (χ1) is 6.59. The fourth-order valence-corrected chi connectivity index (χ4v) is 1.74. The molecule has 3 heteroatoms. The molecule has 0 saturated carbocycles. The third-order valence-electron chi connectivity index (χ3n) is 2.45. The van der Waals surface area contributed by atoms with Gasteiger partial charge in [0.2, 0.25) is 0 Å². The minimum atomic E-state index is 0.431. The normalized spacial score (nSPS) is 11.4. The highest BCUT2D eigenvalue weighted by Crippen LogP contribution is 2.25. The van der Waals surface area contributed by atoms with Gasteiger partial charge in [-0.15, -0.1) is 0 Å². The molecule has 74 valence electrons. The summed E-state index contributed by atoms with van der Waals surface area (Å²) in [6, 6.07) is 5.93. The lowest BCUT2D eigenvalue weighted by molar-refractivity contribution is 0.729. The molecule has 0 atom stereocenters. The molecule has 0 spiro atoms. The Bertz CT molecular complexity index is 469. The first kappa shape index (κ1) is 9.06. The summed E-state index contributed by atoms with van der Waals surface area (Å²) in [7, 11) is 1.96. The minimum Gasteiger partial charge on any atom is -0.399 e. The summed E-state index contributed by atoms with van der Waals surface area (Å²) in [5, 5.41) is 5.66. The summed E-state index contributed by atoms with van der Waals surface area (Å²) in [5.74, 6) is 0.431. The Hall–Kier alpha value is -1.51. The molecule has 0 aliphatic rings. The van der Waals surface area contributed by atoms with Crippen LogP contribution in [-0.4, -0.2) is 9.78 Å². The third kappa shape index (κ3) is 1.25. The first-order valence-corrected chi connectivity index (χ1v) is 4.81. The van der Waals surface area contributed by atoms with Gasteiger partial charge in [-0.1, -0.05) is 13.8 Å². The zero-order valence-electron chi connectivity index (χ0n) is 8.78. The van der Waals surface area contributed by atoms with Gasteiger partial charge in [-0.2, -0.15) is 5.10 Å². The van der Waals surface area contributed by atoms with E-state index in [0.717, 1.165) is 16.9 Å². The second kappa shape index (κ2) is 3.01. The van der Waals surface area contributed by atoms with E-state index in [9.17, 15) is 0 Å². The zero-order valence-corrected chi connectivity index (χ0v) is 8.78. The van der Waals surface area contributed by atoms with E-state index in [2.05, 4.69) is 18.9 Å². The third-order valence-corrected chi connectivity index (χ3v) is 2.45. The molecule has 0 fully saturated rings. The maximum Gasteiger partial charge on any atom is 0.0729 e. The molecule has 3 nitrogen and oxygen atoms in total. The number of fused-ring (bicyclic) bond motifs is 1. The van der Waals surface area contributed by atoms with Gasteiger partial charge < -0.3 is 5.73 Å². The van der Waals surface area contributed by atoms with Gasteiger partial charge in [0.25, 0.3) is 0 Å². The summed E-state index contributed by atoms with van der Waals surface area (Å²) in [5.41, 5.74) is 8.83. The van der Waals surface area contributed by atoms with Crippen LogP contribution in [0.3, 0.4) is 0 Å². The van der Waals surface area contributed by atoms with Gasteiger partial charge >= 0.3 is 0 Å². The molecule has 0 bridgehead atoms. The average Bonchev–Trinajstić information content (AvgIpc) is 2.43. The number of anilines is 1. The van der Waals surface area contributed by atoms with Crippen molar-refractivity contribution >= 4 is 16.6 Å². The van der Waals surface area contributed by atoms with Crippen molar-refractivity contribution in [3.63, 3.8) is 0 Å². The van der Waals surface area contributed by atoms with Crippen molar-refractivity contribution in [2.45, 2.75) is 19.8 Å². The number of aromatic nitrogens is 2. The Morgan fingerprint density at radius 2 is 2.07 bits per heavy atom. The van der Waals surface area contributed by atoms with Crippen LogP contribution in [0.5, 0.6) is 0 Å². The Balaban J connectivity index is 2.79. The molecule has 0 saturated heterocycles. The van der Waals surface area contributed by atoms with E-state index >= 15 is 0 Å². The number of rotatable bonds is 1. The highest BCUT2D eigenvalue weighted by atomic mass is 15.3. The lowest BCUT2D eigenvalue weighted by Crippen LogP contribution is -1.92. The minimum absolute atomic E-state index is 0.431. The fourth-order valence-electron chi connectivity index (χ4n) is 1.74. The quantitative estimate of drug-likeness (QED) is 0.699. The summed E-state index contributed by atoms with van der Waals surface area (Å²) in [6.45, 7) is 4.29. The Morgan fingerprint density at radius 3 is 2.71 bits per heavy atom. The van der Waals surface area contributed by atoms with Crippen molar-refractivity contribution in [1.82, 2.24) is 9.78 Å². The number of nitrogen functional groups attached to an aromatic ring is 1. The number of hydrogen-bond donors (Lipinski definition) is 1. The summed E-state index contributed by atoms with van der Waals surface area (Å²) in [4.78, 5) is 0. The van der Waals surface area contributed by atoms with Crippen molar-refractivity contribution in [2.75, 3.05) is 5.73 Å². The molecule has 1 heterocycles. The second-order valence-electron chi connectivity index (χ2n) is 3.94. The first-order valence-electron chi connectivity index (χ1n) is 4.81. The number of nitrogens with two attached hydrogens (primary N) is 1. The molecule has 0 unspecified atom stereocenters. The van der Waals surface area contributed by atoms with E-state index in [1.165, 1.54) is 5.39 Å². The van der Waals surface area contributed by atoms with Crippen molar-refractivity contribution in [3.05, 3.63) is 23.9 Å². The van der Waals surface area contributed by atoms with Gasteiger partial charge in [0.15, 0.2) is 0 Å². The van der Waals surface area contributed by atoms with Crippen LogP contribution < -0.4 is 5.73 Å². The topological polar surface area (TPSA) is 43.8 Å². The van der Waals surface area contributed by atoms with Gasteiger partial charge in [0.1, 0.15) is 0 Å². The maximum atomic E-state index is 5.77. The van der Waals surface area contributed by atoms with Gasteiger partial charge in [0.05, 0.1) is 11.2 Å². The second-order valence-corrected chi connectivity index (χ2v) is 3.94. The molecule has 2 N–H and O–H groups in total. The van der Waals surface area contributed by atoms with Crippen LogP contribution in [0.4, 0.5) is 5.69 Å². The number of hydrogen-bond acceptors (Lipinski definition) is 2. The molecule has 1 aromatic heterocycles. The van der Waals surface area contributed by atoms with Crippen LogP contribution in [0.25, 0.3) is 10.9 Å². The standard InChI is InChI=1S/C11H15N3/c1-7(2)11-9-6-8(12)4-5-10(9)14(3)13-11/h4-7H,12H2,1-3H3. The van der Waals surface area contributed by atoms with Crippen molar-refractivity contribution in [1.29, 1.82) is 0 Å². The number of aryl methyl sites for hydroxylation is 1. The van der Waals surface area contributed by atoms with Crippen molar-refractivity contribution < 1.29 is 0 Å². The van der Waals surface area contributed by atoms with Gasteiger partial charge in [0, 0.05) is 18.1 Å². The van der Waals surface area contributed by atoms with E-state index in [0.29, 0.717) is 5.92 Å². The van der Waals surface area contributed by atoms with E-state index in [1.807, 2.05) is 29.9 Å². The molecule has 14 heavy (non-hydrogen) atoms. The average molecular weight is 189 g/mol. The van der Waals surface area contributed by atoms with Gasteiger partial charge in [-0.25, -0.2) is 0 Å². The summed E-state index contributed by atoms with van der Waals surface area (Å²) >= 11 is 0. The number of nitrogens with zero attached hydrogens (tertiary/aromatic N) is 2. The predicted octanol–water partition coefficient (Wildman–Crippen LogP) is 2.28. The lowest BCUT2D eigenvalue weighted by Gasteiger charge is -2.00. The highest BCUT2D eigenvalue weighted by molar-refractivity contribution is 5.85. The lowest BCUT2D eigenvalue weighted by atomic mass is 10.1. The molecule has 0 aliphatic heterocycles. The number of benzene rings is 1. The Morgan fingerprint density at radius 1 is 1.36 bits per heavy atom. The largest absolute Gasteiger partial charge is 0.399 e. The fraction of sp³-hybridized carbons (Fsp3) is 0.364. The smallest absolute Gasteiger partial charge is 0.0729 e. The maximum absolute atomic E-state index is 5.77. The Kier molecular flexibility index (Phi) is 1.95. The Labute approximate surface area is 83.5 Å². The molecular formula is C11H15N3. The molecule has 2 rings (SSSR count). The van der Waals surface area contributed by atoms with Crippen LogP contribution in [0.2, 0.25) is 0 Å². The molecule has 0 aliphatic carbocycles. The van der Waals surface area contributed by atoms with Crippen LogP contribution in [0.1, 0.15) is 25.5 Å². The van der Waals surface area contributed by atoms with Gasteiger partial charge in [-0.3, -0.25) is 4.68 Å². The molecular weight excluding hydrogens is 174 g/mol. The van der Waals surface area contributed by atoms with E-state index < -0.39 is 0 Å². The van der Waals surface area contributed by atoms with Gasteiger partial charge in [-0.05, 0) is 24.1 Å². The van der Waals surface area contributed by atoms with Crippen LogP contribution in [0, 0.1) is 0 Å². The van der Waals surface area contributed by atoms with E-state index in [1.54, 1.807) is 0 Å². The van der Waals surface area contributed by atoms with E-state index in [-0.39, 0.29) is 0 Å². The zero-order chi connectivity index (χ0) is 10.3. The summed E-state index contributed by atoms with van der Waals surface area (Å²) in [6.07, 6.45) is 0. The van der Waals surface area contributed by atoms with E-state index in [4.69, 9.17) is 5.73 Å². The molecule has 1 aromatic carbocycles. The molecule has 0 radical (unpaired) electrons. The van der Waals surface area contributed by atoms with Crippen LogP contribution in [0.15, 0.2) is 18.2 Å². The molecule has 0 amide bonds. The predicted molar refractivity (Wildman–Crippen MR) is 59.2 cm³/mol. The molecule has 2 aromatic rings. The monoisotopic (exact) mass is 189 g/mol. The van der Waals surface area contributed by atoms with Crippen molar-refractivity contribution in [2.24, 2.45) is 7.05 Å². The SMILES string of the molecule is CC(C)c1nn(C)c2ccc(N)cc12. The highest BCUT2D eigenvalue weighted by Gasteiger charge is 2.11. The summed E-state index contributed by atoms with van der Waals surface area (Å²) < 4.78 is 1.91. The van der Waals surface area contributed by atoms with Crippen molar-refractivity contribution in [3.8, 4) is 0 Å². The van der Waals surface area contributed by atoms with Crippen LogP contribution in [-0.2, 0) is 7.05 Å².